The highest BCUT2D eigenvalue weighted by Crippen LogP contribution is 2.38. The van der Waals surface area contributed by atoms with Gasteiger partial charge in [-0.05, 0) is 53.0 Å². The minimum atomic E-state index is -4.59. The van der Waals surface area contributed by atoms with E-state index in [4.69, 9.17) is 46.4 Å². The van der Waals surface area contributed by atoms with E-state index in [0.29, 0.717) is 6.07 Å². The van der Waals surface area contributed by atoms with Crippen molar-refractivity contribution in [3.05, 3.63) is 28.8 Å². The maximum atomic E-state index is 12.4. The zero-order valence-corrected chi connectivity index (χ0v) is 10.3. The van der Waals surface area contributed by atoms with Gasteiger partial charge in [0.25, 0.3) is 0 Å². The first kappa shape index (κ1) is 14.0. The van der Waals surface area contributed by atoms with Gasteiger partial charge in [-0.2, -0.15) is 13.2 Å². The summed E-state index contributed by atoms with van der Waals surface area (Å²) in [6.07, 6.45) is -4.59. The quantitative estimate of drug-likeness (QED) is 0.658. The van der Waals surface area contributed by atoms with Crippen LogP contribution in [-0.2, 0) is 6.18 Å². The third-order valence-electron chi connectivity index (χ3n) is 1.48. The molecule has 1 aromatic carbocycles. The van der Waals surface area contributed by atoms with E-state index >= 15 is 0 Å². The molecule has 0 spiro atoms. The van der Waals surface area contributed by atoms with Gasteiger partial charge in [0, 0.05) is 0 Å². The van der Waals surface area contributed by atoms with E-state index in [1.54, 1.807) is 0 Å². The highest BCUT2D eigenvalue weighted by atomic mass is 35.6. The van der Waals surface area contributed by atoms with Crippen LogP contribution >= 0.6 is 46.4 Å². The van der Waals surface area contributed by atoms with E-state index in [-0.39, 0.29) is 5.75 Å². The SMILES string of the molecule is FC(F)(F)c1cc(OC(Cl)(Cl)Cl)ccc1Cl. The molecule has 0 saturated heterocycles. The lowest BCUT2D eigenvalue weighted by Gasteiger charge is -2.16. The number of benzene rings is 1. The monoisotopic (exact) mass is 312 g/mol. The van der Waals surface area contributed by atoms with E-state index < -0.39 is 20.7 Å². The second kappa shape index (κ2) is 4.69. The summed E-state index contributed by atoms with van der Waals surface area (Å²) in [5.41, 5.74) is -1.05. The van der Waals surface area contributed by atoms with Crippen LogP contribution in [0.5, 0.6) is 5.75 Å². The van der Waals surface area contributed by atoms with Crippen LogP contribution in [0.2, 0.25) is 5.02 Å². The number of hydrogen-bond acceptors (Lipinski definition) is 1. The summed E-state index contributed by atoms with van der Waals surface area (Å²) in [6.45, 7) is 0. The molecule has 0 bridgehead atoms. The van der Waals surface area contributed by atoms with Crippen molar-refractivity contribution in [1.82, 2.24) is 0 Å². The number of ether oxygens (including phenoxy) is 1. The molecule has 0 saturated carbocycles. The lowest BCUT2D eigenvalue weighted by atomic mass is 10.2. The fourth-order valence-electron chi connectivity index (χ4n) is 0.919. The van der Waals surface area contributed by atoms with E-state index in [1.165, 1.54) is 6.07 Å². The van der Waals surface area contributed by atoms with Gasteiger partial charge in [-0.25, -0.2) is 0 Å². The van der Waals surface area contributed by atoms with Crippen LogP contribution in [0.15, 0.2) is 18.2 Å². The molecule has 0 aromatic heterocycles. The van der Waals surface area contributed by atoms with Crippen molar-refractivity contribution in [2.24, 2.45) is 0 Å². The van der Waals surface area contributed by atoms with Crippen molar-refractivity contribution in [1.29, 1.82) is 0 Å². The molecule has 0 aliphatic rings. The maximum Gasteiger partial charge on any atom is 0.417 e. The van der Waals surface area contributed by atoms with Gasteiger partial charge in [0.1, 0.15) is 5.75 Å². The van der Waals surface area contributed by atoms with Crippen LogP contribution in [-0.4, -0.2) is 3.98 Å². The van der Waals surface area contributed by atoms with E-state index in [0.717, 1.165) is 6.07 Å². The van der Waals surface area contributed by atoms with Crippen LogP contribution < -0.4 is 4.74 Å². The molecule has 0 atom stereocenters. The minimum absolute atomic E-state index is 0.239. The van der Waals surface area contributed by atoms with E-state index in [1.807, 2.05) is 0 Å². The second-order valence-electron chi connectivity index (χ2n) is 2.69. The predicted molar refractivity (Wildman–Crippen MR) is 57.4 cm³/mol. The van der Waals surface area contributed by atoms with Crippen molar-refractivity contribution >= 4 is 46.4 Å². The Balaban J connectivity index is 3.09. The molecular weight excluding hydrogens is 311 g/mol. The topological polar surface area (TPSA) is 9.23 Å². The minimum Gasteiger partial charge on any atom is -0.446 e. The van der Waals surface area contributed by atoms with Crippen molar-refractivity contribution in [3.8, 4) is 5.75 Å². The number of alkyl halides is 6. The highest BCUT2D eigenvalue weighted by Gasteiger charge is 2.34. The number of rotatable bonds is 1. The standard InChI is InChI=1S/C8H3Cl4F3O/c9-6-2-1-4(16-8(10,11)12)3-5(6)7(13,14)15/h1-3H. The van der Waals surface area contributed by atoms with Crippen LogP contribution in [0.25, 0.3) is 0 Å². The Labute approximate surface area is 109 Å². The van der Waals surface area contributed by atoms with Crippen molar-refractivity contribution in [3.63, 3.8) is 0 Å². The molecule has 8 heteroatoms. The third-order valence-corrected chi connectivity index (χ3v) is 2.04. The van der Waals surface area contributed by atoms with Crippen molar-refractivity contribution in [2.45, 2.75) is 10.2 Å². The molecule has 16 heavy (non-hydrogen) atoms. The first-order chi connectivity index (χ1) is 7.09. The highest BCUT2D eigenvalue weighted by molar-refractivity contribution is 6.66. The smallest absolute Gasteiger partial charge is 0.417 e. The van der Waals surface area contributed by atoms with Gasteiger partial charge in [-0.1, -0.05) is 11.6 Å². The average Bonchev–Trinajstić information content (AvgIpc) is 2.04. The summed E-state index contributed by atoms with van der Waals surface area (Å²) in [4.78, 5) is 0. The maximum absolute atomic E-state index is 12.4. The van der Waals surface area contributed by atoms with Crippen molar-refractivity contribution in [2.75, 3.05) is 0 Å². The Morgan fingerprint density at radius 2 is 1.62 bits per heavy atom. The molecule has 0 heterocycles. The number of hydrogen-bond donors (Lipinski definition) is 0. The molecule has 0 aliphatic carbocycles. The lowest BCUT2D eigenvalue weighted by Crippen LogP contribution is -2.13. The second-order valence-corrected chi connectivity index (χ2v) is 5.27. The summed E-state index contributed by atoms with van der Waals surface area (Å²) in [7, 11) is 0. The van der Waals surface area contributed by atoms with Gasteiger partial charge >= 0.3 is 10.2 Å². The number of halogens is 7. The Morgan fingerprint density at radius 1 is 1.06 bits per heavy atom. The molecule has 0 N–H and O–H groups in total. The van der Waals surface area contributed by atoms with Crippen molar-refractivity contribution < 1.29 is 17.9 Å². The van der Waals surface area contributed by atoms with E-state index in [2.05, 4.69) is 4.74 Å². The van der Waals surface area contributed by atoms with Crippen LogP contribution in [0, 0.1) is 0 Å². The summed E-state index contributed by atoms with van der Waals surface area (Å²) in [5, 5.41) is -0.454. The molecule has 0 unspecified atom stereocenters. The van der Waals surface area contributed by atoms with Crippen LogP contribution in [0.4, 0.5) is 13.2 Å². The van der Waals surface area contributed by atoms with Gasteiger partial charge in [0.2, 0.25) is 0 Å². The Kier molecular flexibility index (Phi) is 4.11. The third kappa shape index (κ3) is 4.09. The lowest BCUT2D eigenvalue weighted by molar-refractivity contribution is -0.137. The van der Waals surface area contributed by atoms with Gasteiger partial charge < -0.3 is 4.74 Å². The summed E-state index contributed by atoms with van der Waals surface area (Å²) in [6, 6.07) is 2.83. The van der Waals surface area contributed by atoms with Gasteiger partial charge in [-0.3, -0.25) is 0 Å². The van der Waals surface area contributed by atoms with Crippen LogP contribution in [0.3, 0.4) is 0 Å². The van der Waals surface area contributed by atoms with Crippen LogP contribution in [0.1, 0.15) is 5.56 Å². The van der Waals surface area contributed by atoms with Gasteiger partial charge in [0.15, 0.2) is 0 Å². The zero-order valence-electron chi connectivity index (χ0n) is 7.29. The molecule has 90 valence electrons. The average molecular weight is 314 g/mol. The molecule has 0 aliphatic heterocycles. The molecule has 1 aromatic rings. The molecular formula is C8H3Cl4F3O. The normalized spacial score (nSPS) is 12.7. The fourth-order valence-corrected chi connectivity index (χ4v) is 1.41. The molecule has 1 nitrogen and oxygen atoms in total. The molecule has 0 amide bonds. The summed E-state index contributed by atoms with van der Waals surface area (Å²) < 4.78 is 39.8. The van der Waals surface area contributed by atoms with Gasteiger partial charge in [0.05, 0.1) is 10.6 Å². The Hall–Kier alpha value is -0.0300. The zero-order chi connectivity index (χ0) is 12.6. The molecule has 1 rings (SSSR count). The first-order valence-electron chi connectivity index (χ1n) is 3.72. The predicted octanol–water partition coefficient (Wildman–Crippen LogP) is 5.07. The molecule has 0 radical (unpaired) electrons. The fraction of sp³-hybridized carbons (Fsp3) is 0.250. The summed E-state index contributed by atoms with van der Waals surface area (Å²) >= 11 is 21.2. The largest absolute Gasteiger partial charge is 0.446 e. The molecule has 0 fully saturated rings. The van der Waals surface area contributed by atoms with Gasteiger partial charge in [-0.15, -0.1) is 0 Å². The Morgan fingerprint density at radius 3 is 2.06 bits per heavy atom. The summed E-state index contributed by atoms with van der Waals surface area (Å²) in [5.74, 6) is -0.239. The van der Waals surface area contributed by atoms with E-state index in [9.17, 15) is 13.2 Å². The first-order valence-corrected chi connectivity index (χ1v) is 5.23. The Bertz CT molecular complexity index is 386.